The molecule has 1 saturated heterocycles. The molecule has 0 saturated carbocycles. The second-order valence-corrected chi connectivity index (χ2v) is 10.0. The number of aryl methyl sites for hydroxylation is 1. The Balaban J connectivity index is 1.68. The Morgan fingerprint density at radius 3 is 2.67 bits per heavy atom. The van der Waals surface area contributed by atoms with Crippen molar-refractivity contribution < 1.29 is 17.6 Å². The van der Waals surface area contributed by atoms with Gasteiger partial charge < -0.3 is 4.90 Å². The van der Waals surface area contributed by atoms with Crippen LogP contribution in [0.25, 0.3) is 15.9 Å². The summed E-state index contributed by atoms with van der Waals surface area (Å²) in [5.74, 6) is -0.375. The Hall–Kier alpha value is -2.26. The molecular weight excluding hydrogens is 389 g/mol. The summed E-state index contributed by atoms with van der Waals surface area (Å²) in [7, 11) is -1.41. The summed E-state index contributed by atoms with van der Waals surface area (Å²) >= 11 is 1.30. The zero-order valence-corrected chi connectivity index (χ0v) is 16.5. The van der Waals surface area contributed by atoms with Gasteiger partial charge in [-0.3, -0.25) is 4.79 Å². The van der Waals surface area contributed by atoms with Crippen molar-refractivity contribution in [3.63, 3.8) is 0 Å². The number of halogens is 1. The smallest absolute Gasteiger partial charge is 0.264 e. The van der Waals surface area contributed by atoms with Crippen LogP contribution in [-0.2, 0) is 9.84 Å². The minimum atomic E-state index is -3.06. The van der Waals surface area contributed by atoms with Crippen LogP contribution in [0.1, 0.15) is 21.8 Å². The lowest BCUT2D eigenvalue weighted by Gasteiger charge is -2.22. The molecule has 0 spiro atoms. The van der Waals surface area contributed by atoms with E-state index in [9.17, 15) is 17.6 Å². The van der Waals surface area contributed by atoms with E-state index in [-0.39, 0.29) is 29.3 Å². The zero-order valence-electron chi connectivity index (χ0n) is 14.8. The molecule has 3 heterocycles. The first-order chi connectivity index (χ1) is 12.7. The van der Waals surface area contributed by atoms with Crippen molar-refractivity contribution >= 4 is 37.3 Å². The van der Waals surface area contributed by atoms with Gasteiger partial charge in [0.25, 0.3) is 5.91 Å². The number of aromatic nitrogens is 2. The van der Waals surface area contributed by atoms with E-state index >= 15 is 0 Å². The Kier molecular flexibility index (Phi) is 4.31. The van der Waals surface area contributed by atoms with Crippen molar-refractivity contribution in [1.29, 1.82) is 0 Å². The molecule has 0 bridgehead atoms. The highest BCUT2D eigenvalue weighted by Gasteiger charge is 2.33. The third kappa shape index (κ3) is 3.25. The molecule has 0 radical (unpaired) electrons. The lowest BCUT2D eigenvalue weighted by molar-refractivity contribution is 0.0752. The maximum absolute atomic E-state index is 13.2. The molecule has 0 aliphatic carbocycles. The minimum Gasteiger partial charge on any atom is -0.337 e. The third-order valence-corrected chi connectivity index (χ3v) is 7.75. The van der Waals surface area contributed by atoms with Gasteiger partial charge in [0, 0.05) is 18.5 Å². The van der Waals surface area contributed by atoms with Crippen LogP contribution < -0.4 is 0 Å². The normalized spacial score (nSPS) is 18.9. The number of carbonyl (C=O) groups is 1. The summed E-state index contributed by atoms with van der Waals surface area (Å²) in [6.07, 6.45) is 0.470. The number of fused-ring (bicyclic) bond motifs is 1. The molecule has 4 rings (SSSR count). The van der Waals surface area contributed by atoms with Gasteiger partial charge in [-0.15, -0.1) is 11.3 Å². The van der Waals surface area contributed by atoms with E-state index in [0.29, 0.717) is 17.0 Å². The molecule has 0 unspecified atom stereocenters. The molecule has 0 N–H and O–H groups in total. The van der Waals surface area contributed by atoms with Crippen LogP contribution in [0.15, 0.2) is 30.3 Å². The minimum absolute atomic E-state index is 0.0164. The van der Waals surface area contributed by atoms with Gasteiger partial charge in [0.2, 0.25) is 0 Å². The Labute approximate surface area is 160 Å². The predicted octanol–water partition coefficient (Wildman–Crippen LogP) is 2.79. The van der Waals surface area contributed by atoms with Crippen LogP contribution >= 0.6 is 11.3 Å². The van der Waals surface area contributed by atoms with Crippen LogP contribution in [0.5, 0.6) is 0 Å². The number of rotatable bonds is 3. The van der Waals surface area contributed by atoms with Crippen molar-refractivity contribution in [3.8, 4) is 5.69 Å². The zero-order chi connectivity index (χ0) is 19.3. The largest absolute Gasteiger partial charge is 0.337 e. The fourth-order valence-corrected chi connectivity index (χ4v) is 6.27. The van der Waals surface area contributed by atoms with E-state index in [4.69, 9.17) is 0 Å². The summed E-state index contributed by atoms with van der Waals surface area (Å²) in [5.41, 5.74) is 1.49. The first kappa shape index (κ1) is 18.1. The van der Waals surface area contributed by atoms with Crippen LogP contribution in [0.4, 0.5) is 4.39 Å². The molecule has 1 aliphatic rings. The number of carbonyl (C=O) groups excluding carboxylic acids is 1. The summed E-state index contributed by atoms with van der Waals surface area (Å²) in [6, 6.07) is 7.51. The molecule has 1 atom stereocenters. The highest BCUT2D eigenvalue weighted by atomic mass is 32.2. The van der Waals surface area contributed by atoms with Crippen LogP contribution in [0, 0.1) is 12.7 Å². The van der Waals surface area contributed by atoms with E-state index in [0.717, 1.165) is 15.9 Å². The highest BCUT2D eigenvalue weighted by molar-refractivity contribution is 7.91. The van der Waals surface area contributed by atoms with E-state index in [1.807, 2.05) is 6.92 Å². The first-order valence-electron chi connectivity index (χ1n) is 8.48. The number of amides is 1. The number of nitrogens with zero attached hydrogens (tertiary/aromatic N) is 3. The summed E-state index contributed by atoms with van der Waals surface area (Å²) in [5, 5.41) is 5.35. The summed E-state index contributed by atoms with van der Waals surface area (Å²) in [6.45, 7) is 1.86. The molecule has 27 heavy (non-hydrogen) atoms. The summed E-state index contributed by atoms with van der Waals surface area (Å²) in [4.78, 5) is 15.7. The molecule has 1 fully saturated rings. The molecule has 2 aromatic heterocycles. The van der Waals surface area contributed by atoms with Gasteiger partial charge in [-0.1, -0.05) is 0 Å². The molecule has 1 aliphatic heterocycles. The van der Waals surface area contributed by atoms with Gasteiger partial charge in [-0.25, -0.2) is 17.5 Å². The first-order valence-corrected chi connectivity index (χ1v) is 11.1. The molecule has 142 valence electrons. The van der Waals surface area contributed by atoms with Gasteiger partial charge in [-0.05, 0) is 43.7 Å². The average molecular weight is 407 g/mol. The fraction of sp³-hybridized carbons (Fsp3) is 0.333. The Bertz CT molecular complexity index is 1130. The monoisotopic (exact) mass is 407 g/mol. The Morgan fingerprint density at radius 1 is 1.33 bits per heavy atom. The lowest BCUT2D eigenvalue weighted by Crippen LogP contribution is -2.37. The van der Waals surface area contributed by atoms with Crippen molar-refractivity contribution in [2.75, 3.05) is 18.6 Å². The molecule has 6 nitrogen and oxygen atoms in total. The quantitative estimate of drug-likeness (QED) is 0.669. The van der Waals surface area contributed by atoms with Gasteiger partial charge >= 0.3 is 0 Å². The van der Waals surface area contributed by atoms with Crippen molar-refractivity contribution in [2.45, 2.75) is 19.4 Å². The van der Waals surface area contributed by atoms with Crippen molar-refractivity contribution in [3.05, 3.63) is 46.7 Å². The van der Waals surface area contributed by atoms with Crippen LogP contribution in [0.2, 0.25) is 0 Å². The van der Waals surface area contributed by atoms with Crippen LogP contribution in [0.3, 0.4) is 0 Å². The van der Waals surface area contributed by atoms with Crippen molar-refractivity contribution in [1.82, 2.24) is 14.7 Å². The number of hydrogen-bond acceptors (Lipinski definition) is 5. The van der Waals surface area contributed by atoms with E-state index < -0.39 is 9.84 Å². The summed E-state index contributed by atoms with van der Waals surface area (Å²) < 4.78 is 38.3. The lowest BCUT2D eigenvalue weighted by atomic mass is 10.2. The maximum Gasteiger partial charge on any atom is 0.264 e. The van der Waals surface area contributed by atoms with Gasteiger partial charge in [0.1, 0.15) is 10.6 Å². The van der Waals surface area contributed by atoms with Gasteiger partial charge in [0.05, 0.1) is 27.8 Å². The SMILES string of the molecule is Cc1nn(-c2ccc(F)cc2)c2sc(C(=O)N(C)[C@@H]3CCS(=O)(=O)C3)cc12. The molecule has 1 amide bonds. The second kappa shape index (κ2) is 6.42. The third-order valence-electron chi connectivity index (χ3n) is 4.90. The second-order valence-electron chi connectivity index (χ2n) is 6.78. The number of hydrogen-bond donors (Lipinski definition) is 0. The average Bonchev–Trinajstić information content (AvgIpc) is 3.29. The Morgan fingerprint density at radius 2 is 2.04 bits per heavy atom. The van der Waals surface area contributed by atoms with Crippen molar-refractivity contribution in [2.24, 2.45) is 0 Å². The van der Waals surface area contributed by atoms with Crippen LogP contribution in [-0.4, -0.2) is 53.6 Å². The van der Waals surface area contributed by atoms with E-state index in [1.165, 1.54) is 28.4 Å². The topological polar surface area (TPSA) is 72.3 Å². The maximum atomic E-state index is 13.2. The standard InChI is InChI=1S/C18H18FN3O3S2/c1-11-15-9-16(17(23)21(2)14-7-8-27(24,25)10-14)26-18(15)22(20-11)13-5-3-12(19)4-6-13/h3-6,9,14H,7-8,10H2,1-2H3/t14-/m1/s1. The molecule has 1 aromatic carbocycles. The number of thiophene rings is 1. The molecular formula is C18H18FN3O3S2. The predicted molar refractivity (Wildman–Crippen MR) is 103 cm³/mol. The molecule has 3 aromatic rings. The number of benzene rings is 1. The van der Waals surface area contributed by atoms with Gasteiger partial charge in [-0.2, -0.15) is 5.10 Å². The van der Waals surface area contributed by atoms with E-state index in [1.54, 1.807) is 29.9 Å². The van der Waals surface area contributed by atoms with Gasteiger partial charge in [0.15, 0.2) is 9.84 Å². The highest BCUT2D eigenvalue weighted by Crippen LogP contribution is 2.32. The molecule has 9 heteroatoms. The van der Waals surface area contributed by atoms with E-state index in [2.05, 4.69) is 5.10 Å². The fourth-order valence-electron chi connectivity index (χ4n) is 3.33. The number of sulfone groups is 1.